The summed E-state index contributed by atoms with van der Waals surface area (Å²) in [4.78, 5) is 35.5. The molecule has 2 saturated heterocycles. The van der Waals surface area contributed by atoms with Gasteiger partial charge < -0.3 is 15.0 Å². The Morgan fingerprint density at radius 2 is 1.83 bits per heavy atom. The second-order valence-electron chi connectivity index (χ2n) is 7.47. The molecule has 3 heterocycles. The molecule has 4 rings (SSSR count). The lowest BCUT2D eigenvalue weighted by atomic mass is 9.92. The van der Waals surface area contributed by atoms with Crippen LogP contribution in [0.3, 0.4) is 0 Å². The molecular formula is C21H25N5O3. The molecule has 0 spiro atoms. The number of piperazine rings is 1. The van der Waals surface area contributed by atoms with E-state index in [4.69, 9.17) is 4.74 Å². The van der Waals surface area contributed by atoms with Gasteiger partial charge in [-0.1, -0.05) is 12.1 Å². The zero-order chi connectivity index (χ0) is 20.4. The van der Waals surface area contributed by atoms with Gasteiger partial charge in [0.2, 0.25) is 0 Å². The van der Waals surface area contributed by atoms with Crippen LogP contribution in [0, 0.1) is 0 Å². The van der Waals surface area contributed by atoms with E-state index in [1.165, 1.54) is 4.90 Å². The van der Waals surface area contributed by atoms with Crippen LogP contribution in [0.5, 0.6) is 5.75 Å². The third kappa shape index (κ3) is 3.63. The number of ether oxygens (including phenoxy) is 1. The summed E-state index contributed by atoms with van der Waals surface area (Å²) in [6.45, 7) is 5.24. The number of amides is 3. The van der Waals surface area contributed by atoms with Crippen LogP contribution < -0.4 is 15.0 Å². The van der Waals surface area contributed by atoms with Crippen molar-refractivity contribution in [1.29, 1.82) is 0 Å². The molecule has 152 valence electrons. The minimum Gasteiger partial charge on any atom is -0.497 e. The largest absolute Gasteiger partial charge is 0.497 e. The van der Waals surface area contributed by atoms with Gasteiger partial charge in [0.25, 0.3) is 5.91 Å². The summed E-state index contributed by atoms with van der Waals surface area (Å²) in [6.07, 6.45) is 3.57. The first-order chi connectivity index (χ1) is 14.0. The maximum atomic E-state index is 13.2. The third-order valence-corrected chi connectivity index (χ3v) is 5.66. The highest BCUT2D eigenvalue weighted by atomic mass is 16.5. The number of benzene rings is 1. The Labute approximate surface area is 170 Å². The van der Waals surface area contributed by atoms with Crippen molar-refractivity contribution in [1.82, 2.24) is 20.1 Å². The summed E-state index contributed by atoms with van der Waals surface area (Å²) in [5, 5.41) is 2.86. The van der Waals surface area contributed by atoms with Gasteiger partial charge in [0.1, 0.15) is 11.3 Å². The third-order valence-electron chi connectivity index (χ3n) is 5.66. The molecule has 8 heteroatoms. The van der Waals surface area contributed by atoms with Gasteiger partial charge in [-0.3, -0.25) is 14.7 Å². The molecule has 2 aliphatic rings. The number of carbonyl (C=O) groups excluding carboxylic acids is 2. The number of hydrogen-bond donors (Lipinski definition) is 1. The van der Waals surface area contributed by atoms with Crippen LogP contribution in [0.2, 0.25) is 0 Å². The number of imide groups is 1. The van der Waals surface area contributed by atoms with E-state index in [0.717, 1.165) is 31.9 Å². The van der Waals surface area contributed by atoms with Gasteiger partial charge in [-0.05, 0) is 36.8 Å². The molecule has 0 bridgehead atoms. The summed E-state index contributed by atoms with van der Waals surface area (Å²) in [5.41, 5.74) is 0.755. The van der Waals surface area contributed by atoms with E-state index < -0.39 is 5.54 Å². The molecule has 1 aromatic heterocycles. The number of pyridine rings is 1. The molecule has 2 fully saturated rings. The topological polar surface area (TPSA) is 78.0 Å². The van der Waals surface area contributed by atoms with Gasteiger partial charge in [0, 0.05) is 44.3 Å². The van der Waals surface area contributed by atoms with E-state index in [0.29, 0.717) is 11.3 Å². The smallest absolute Gasteiger partial charge is 0.326 e. The van der Waals surface area contributed by atoms with Crippen LogP contribution in [0.1, 0.15) is 12.5 Å². The Hall–Kier alpha value is -3.13. The van der Waals surface area contributed by atoms with Crippen LogP contribution in [0.4, 0.5) is 10.5 Å². The first-order valence-electron chi connectivity index (χ1n) is 9.67. The number of nitrogens with zero attached hydrogens (tertiary/aromatic N) is 4. The Kier molecular flexibility index (Phi) is 5.10. The average molecular weight is 395 g/mol. The van der Waals surface area contributed by atoms with E-state index in [9.17, 15) is 9.59 Å². The minimum atomic E-state index is -1.09. The Morgan fingerprint density at radius 1 is 1.10 bits per heavy atom. The lowest BCUT2D eigenvalue weighted by molar-refractivity contribution is -0.132. The summed E-state index contributed by atoms with van der Waals surface area (Å²) in [7, 11) is 1.58. The molecule has 2 aliphatic heterocycles. The Bertz CT molecular complexity index is 898. The van der Waals surface area contributed by atoms with Crippen molar-refractivity contribution in [2.45, 2.75) is 12.5 Å². The zero-order valence-corrected chi connectivity index (χ0v) is 16.7. The number of methoxy groups -OCH3 is 1. The summed E-state index contributed by atoms with van der Waals surface area (Å²) >= 11 is 0. The molecule has 29 heavy (non-hydrogen) atoms. The maximum Gasteiger partial charge on any atom is 0.326 e. The second-order valence-corrected chi connectivity index (χ2v) is 7.47. The monoisotopic (exact) mass is 395 g/mol. The van der Waals surface area contributed by atoms with Gasteiger partial charge in [-0.25, -0.2) is 9.69 Å². The molecule has 0 saturated carbocycles. The molecule has 0 unspecified atom stereocenters. The van der Waals surface area contributed by atoms with E-state index in [2.05, 4.69) is 20.1 Å². The Balaban J connectivity index is 1.42. The molecule has 1 N–H and O–H groups in total. The fourth-order valence-corrected chi connectivity index (χ4v) is 3.86. The van der Waals surface area contributed by atoms with Crippen molar-refractivity contribution in [3.8, 4) is 5.75 Å². The predicted octanol–water partition coefficient (Wildman–Crippen LogP) is 1.64. The number of urea groups is 1. The van der Waals surface area contributed by atoms with Gasteiger partial charge >= 0.3 is 6.03 Å². The van der Waals surface area contributed by atoms with Crippen molar-refractivity contribution in [3.63, 3.8) is 0 Å². The lowest BCUT2D eigenvalue weighted by Crippen LogP contribution is -2.51. The standard InChI is InChI=1S/C21H25N5O3/c1-21(16-4-3-5-18(14-16)29-2)19(27)26(20(28)23-21)15-24-10-12-25(13-11-24)17-6-8-22-9-7-17/h3-9,14H,10-13,15H2,1-2H3,(H,23,28)/t21-/m0/s1. The fourth-order valence-electron chi connectivity index (χ4n) is 3.86. The SMILES string of the molecule is COc1cccc([C@]2(C)NC(=O)N(CN3CCN(c4ccncc4)CC3)C2=O)c1. The van der Waals surface area contributed by atoms with Crippen molar-refractivity contribution >= 4 is 17.6 Å². The zero-order valence-electron chi connectivity index (χ0n) is 16.7. The molecule has 3 amide bonds. The number of aromatic nitrogens is 1. The molecule has 1 atom stereocenters. The molecule has 0 aliphatic carbocycles. The summed E-state index contributed by atoms with van der Waals surface area (Å²) < 4.78 is 5.26. The lowest BCUT2D eigenvalue weighted by Gasteiger charge is -2.37. The van der Waals surface area contributed by atoms with Gasteiger partial charge in [-0.15, -0.1) is 0 Å². The molecule has 0 radical (unpaired) electrons. The van der Waals surface area contributed by atoms with Crippen molar-refractivity contribution in [3.05, 3.63) is 54.4 Å². The quantitative estimate of drug-likeness (QED) is 0.776. The van der Waals surface area contributed by atoms with Gasteiger partial charge in [0.15, 0.2) is 0 Å². The number of nitrogens with one attached hydrogen (secondary N) is 1. The van der Waals surface area contributed by atoms with E-state index >= 15 is 0 Å². The van der Waals surface area contributed by atoms with Gasteiger partial charge in [0.05, 0.1) is 13.8 Å². The average Bonchev–Trinajstić information content (AvgIpc) is 2.99. The minimum absolute atomic E-state index is 0.243. The van der Waals surface area contributed by atoms with Crippen molar-refractivity contribution < 1.29 is 14.3 Å². The summed E-state index contributed by atoms with van der Waals surface area (Å²) in [5.74, 6) is 0.406. The number of anilines is 1. The highest BCUT2D eigenvalue weighted by Crippen LogP contribution is 2.31. The fraction of sp³-hybridized carbons (Fsp3) is 0.381. The van der Waals surface area contributed by atoms with Crippen LogP contribution in [0.15, 0.2) is 48.8 Å². The van der Waals surface area contributed by atoms with E-state index in [1.54, 1.807) is 32.5 Å². The molecule has 2 aromatic rings. The van der Waals surface area contributed by atoms with E-state index in [-0.39, 0.29) is 18.6 Å². The van der Waals surface area contributed by atoms with Crippen LogP contribution >= 0.6 is 0 Å². The van der Waals surface area contributed by atoms with Crippen LogP contribution in [0.25, 0.3) is 0 Å². The molecule has 8 nitrogen and oxygen atoms in total. The molecular weight excluding hydrogens is 370 g/mol. The highest BCUT2D eigenvalue weighted by Gasteiger charge is 2.49. The number of rotatable bonds is 5. The first-order valence-corrected chi connectivity index (χ1v) is 9.67. The Morgan fingerprint density at radius 3 is 2.52 bits per heavy atom. The predicted molar refractivity (Wildman–Crippen MR) is 109 cm³/mol. The normalized spacial score (nSPS) is 22.7. The van der Waals surface area contributed by atoms with Crippen LogP contribution in [-0.4, -0.2) is 66.7 Å². The number of carbonyl (C=O) groups is 2. The first kappa shape index (κ1) is 19.2. The number of hydrogen-bond acceptors (Lipinski definition) is 6. The second kappa shape index (κ2) is 7.71. The highest BCUT2D eigenvalue weighted by molar-refractivity contribution is 6.07. The molecule has 1 aromatic carbocycles. The van der Waals surface area contributed by atoms with E-state index in [1.807, 2.05) is 30.3 Å². The van der Waals surface area contributed by atoms with Crippen molar-refractivity contribution in [2.75, 3.05) is 44.9 Å². The van der Waals surface area contributed by atoms with Crippen molar-refractivity contribution in [2.24, 2.45) is 0 Å². The maximum absolute atomic E-state index is 13.2. The van der Waals surface area contributed by atoms with Gasteiger partial charge in [-0.2, -0.15) is 0 Å². The van der Waals surface area contributed by atoms with Crippen LogP contribution in [-0.2, 0) is 10.3 Å². The summed E-state index contributed by atoms with van der Waals surface area (Å²) in [6, 6.07) is 10.9.